The first-order valence-corrected chi connectivity index (χ1v) is 10.9. The molecule has 0 N–H and O–H groups in total. The van der Waals surface area contributed by atoms with Gasteiger partial charge in [-0.05, 0) is 31.2 Å². The molecule has 176 valence electrons. The van der Waals surface area contributed by atoms with E-state index in [4.69, 9.17) is 0 Å². The minimum absolute atomic E-state index is 0.0864. The Hall–Kier alpha value is -4.15. The Labute approximate surface area is 194 Å². The van der Waals surface area contributed by atoms with Gasteiger partial charge in [-0.25, -0.2) is 5.01 Å². The van der Waals surface area contributed by atoms with Crippen molar-refractivity contribution in [3.63, 3.8) is 0 Å². The largest absolute Gasteiger partial charge is 0.282 e. The Bertz CT molecular complexity index is 1200. The molecule has 1 aliphatic carbocycles. The SMILES string of the molecule is C[C@@H]1CC[C@H]2C(=O)N(N(Cc3ccccc3[N+](=O)[O-])C(=O)c3ccccc3[N+](=O)[O-])C(=O)[C@@H]2C1. The molecule has 4 rings (SSSR count). The molecule has 0 spiro atoms. The van der Waals surface area contributed by atoms with Gasteiger partial charge in [0, 0.05) is 12.1 Å². The van der Waals surface area contributed by atoms with Gasteiger partial charge in [0.2, 0.25) is 0 Å². The number of amides is 3. The molecule has 1 saturated heterocycles. The van der Waals surface area contributed by atoms with Gasteiger partial charge >= 0.3 is 0 Å². The Morgan fingerprint density at radius 3 is 2.21 bits per heavy atom. The normalized spacial score (nSPS) is 21.8. The number of imide groups is 1. The maximum atomic E-state index is 13.6. The predicted octanol–water partition coefficient (Wildman–Crippen LogP) is 3.48. The third-order valence-corrected chi connectivity index (χ3v) is 6.48. The minimum atomic E-state index is -0.959. The number of para-hydroxylation sites is 2. The molecule has 34 heavy (non-hydrogen) atoms. The summed E-state index contributed by atoms with van der Waals surface area (Å²) in [6.45, 7) is 1.51. The van der Waals surface area contributed by atoms with Gasteiger partial charge in [-0.15, -0.1) is 0 Å². The zero-order valence-electron chi connectivity index (χ0n) is 18.3. The smallest absolute Gasteiger partial charge is 0.272 e. The third-order valence-electron chi connectivity index (χ3n) is 6.48. The summed E-state index contributed by atoms with van der Waals surface area (Å²) in [5.41, 5.74) is -1.03. The van der Waals surface area contributed by atoms with Crippen LogP contribution in [0.1, 0.15) is 42.1 Å². The van der Waals surface area contributed by atoms with Crippen LogP contribution >= 0.6 is 0 Å². The van der Waals surface area contributed by atoms with Gasteiger partial charge in [-0.2, -0.15) is 5.01 Å². The Balaban J connectivity index is 1.80. The first kappa shape index (κ1) is 23.0. The van der Waals surface area contributed by atoms with Crippen LogP contribution < -0.4 is 0 Å². The third kappa shape index (κ3) is 4.00. The lowest BCUT2D eigenvalue weighted by Crippen LogP contribution is -2.50. The fourth-order valence-electron chi connectivity index (χ4n) is 4.78. The second-order valence-electron chi connectivity index (χ2n) is 8.64. The molecule has 0 bridgehead atoms. The first-order valence-electron chi connectivity index (χ1n) is 10.9. The molecule has 1 aliphatic heterocycles. The number of hydrogen-bond acceptors (Lipinski definition) is 7. The quantitative estimate of drug-likeness (QED) is 0.360. The van der Waals surface area contributed by atoms with E-state index in [1.54, 1.807) is 0 Å². The molecular formula is C23H22N4O7. The molecule has 0 unspecified atom stereocenters. The van der Waals surface area contributed by atoms with Crippen LogP contribution in [0.4, 0.5) is 11.4 Å². The Morgan fingerprint density at radius 1 is 0.941 bits per heavy atom. The van der Waals surface area contributed by atoms with Gasteiger partial charge in [-0.3, -0.25) is 34.6 Å². The summed E-state index contributed by atoms with van der Waals surface area (Å²) >= 11 is 0. The van der Waals surface area contributed by atoms with Gasteiger partial charge in [0.05, 0.1) is 33.8 Å². The van der Waals surface area contributed by atoms with Crippen LogP contribution in [-0.2, 0) is 16.1 Å². The number of nitrogens with zero attached hydrogens (tertiary/aromatic N) is 4. The molecule has 3 amide bonds. The van der Waals surface area contributed by atoms with E-state index < -0.39 is 51.6 Å². The predicted molar refractivity (Wildman–Crippen MR) is 118 cm³/mol. The van der Waals surface area contributed by atoms with Crippen molar-refractivity contribution in [2.45, 2.75) is 32.7 Å². The molecule has 11 nitrogen and oxygen atoms in total. The fourth-order valence-corrected chi connectivity index (χ4v) is 4.78. The van der Waals surface area contributed by atoms with Crippen molar-refractivity contribution < 1.29 is 24.2 Å². The maximum Gasteiger partial charge on any atom is 0.282 e. The van der Waals surface area contributed by atoms with Crippen molar-refractivity contribution >= 4 is 29.1 Å². The Kier molecular flexibility index (Phi) is 6.10. The van der Waals surface area contributed by atoms with Crippen molar-refractivity contribution in [3.8, 4) is 0 Å². The van der Waals surface area contributed by atoms with Crippen molar-refractivity contribution in [3.05, 3.63) is 79.9 Å². The summed E-state index contributed by atoms with van der Waals surface area (Å²) in [7, 11) is 0. The number of nitro benzene ring substituents is 2. The highest BCUT2D eigenvalue weighted by Gasteiger charge is 2.53. The molecule has 2 aromatic rings. The minimum Gasteiger partial charge on any atom is -0.272 e. The molecule has 0 aromatic heterocycles. The molecule has 3 atom stereocenters. The summed E-state index contributed by atoms with van der Waals surface area (Å²) in [6, 6.07) is 10.8. The number of carbonyl (C=O) groups is 3. The maximum absolute atomic E-state index is 13.6. The van der Waals surface area contributed by atoms with Crippen molar-refractivity contribution in [1.29, 1.82) is 0 Å². The summed E-state index contributed by atoms with van der Waals surface area (Å²) in [5, 5.41) is 24.7. The molecule has 11 heteroatoms. The summed E-state index contributed by atoms with van der Waals surface area (Å²) in [6.07, 6.45) is 1.74. The van der Waals surface area contributed by atoms with Crippen LogP contribution in [-0.4, -0.2) is 37.6 Å². The van der Waals surface area contributed by atoms with Crippen molar-refractivity contribution in [2.24, 2.45) is 17.8 Å². The van der Waals surface area contributed by atoms with Crippen LogP contribution in [0.2, 0.25) is 0 Å². The number of hydrogen-bond donors (Lipinski definition) is 0. The molecule has 2 aromatic carbocycles. The zero-order chi connectivity index (χ0) is 24.6. The van der Waals surface area contributed by atoms with E-state index in [2.05, 4.69) is 0 Å². The van der Waals surface area contributed by atoms with Crippen LogP contribution in [0.3, 0.4) is 0 Å². The molecular weight excluding hydrogens is 444 g/mol. The molecule has 2 fully saturated rings. The van der Waals surface area contributed by atoms with E-state index >= 15 is 0 Å². The van der Waals surface area contributed by atoms with Gasteiger partial charge in [-0.1, -0.05) is 37.3 Å². The first-order chi connectivity index (χ1) is 16.2. The molecule has 2 aliphatic rings. The van der Waals surface area contributed by atoms with Gasteiger partial charge in [0.15, 0.2) is 0 Å². The second-order valence-corrected chi connectivity index (χ2v) is 8.64. The van der Waals surface area contributed by atoms with Gasteiger partial charge in [0.1, 0.15) is 5.56 Å². The number of nitro groups is 2. The molecule has 1 heterocycles. The van der Waals surface area contributed by atoms with E-state index in [0.29, 0.717) is 12.8 Å². The number of fused-ring (bicyclic) bond motifs is 1. The second kappa shape index (κ2) is 9.00. The van der Waals surface area contributed by atoms with Crippen LogP contribution in [0.15, 0.2) is 48.5 Å². The van der Waals surface area contributed by atoms with Crippen molar-refractivity contribution in [2.75, 3.05) is 0 Å². The zero-order valence-corrected chi connectivity index (χ0v) is 18.3. The number of carbonyl (C=O) groups excluding carboxylic acids is 3. The van der Waals surface area contributed by atoms with E-state index in [9.17, 15) is 34.6 Å². The lowest BCUT2D eigenvalue weighted by molar-refractivity contribution is -0.385. The number of rotatable bonds is 6. The van der Waals surface area contributed by atoms with E-state index in [1.807, 2.05) is 6.92 Å². The van der Waals surface area contributed by atoms with Crippen molar-refractivity contribution in [1.82, 2.24) is 10.0 Å². The van der Waals surface area contributed by atoms with Crippen LogP contribution in [0.5, 0.6) is 0 Å². The topological polar surface area (TPSA) is 144 Å². The monoisotopic (exact) mass is 466 g/mol. The molecule has 0 radical (unpaired) electrons. The number of benzene rings is 2. The lowest BCUT2D eigenvalue weighted by atomic mass is 9.76. The number of hydrazine groups is 1. The summed E-state index contributed by atoms with van der Waals surface area (Å²) < 4.78 is 0. The fraction of sp³-hybridized carbons (Fsp3) is 0.348. The highest BCUT2D eigenvalue weighted by Crippen LogP contribution is 2.42. The van der Waals surface area contributed by atoms with E-state index in [-0.39, 0.29) is 22.7 Å². The Morgan fingerprint density at radius 2 is 1.53 bits per heavy atom. The van der Waals surface area contributed by atoms with Gasteiger partial charge in [0.25, 0.3) is 29.1 Å². The standard InChI is InChI=1S/C23H22N4O7/c1-14-10-11-16-18(12-14)23(30)25(22(16)29)24(13-15-6-2-4-8-19(15)26(31)32)21(28)17-7-3-5-9-20(17)27(33)34/h2-9,14,16,18H,10-13H2,1H3/t14-,16-,18-/m1/s1. The summed E-state index contributed by atoms with van der Waals surface area (Å²) in [5.74, 6) is -3.04. The molecule has 1 saturated carbocycles. The highest BCUT2D eigenvalue weighted by molar-refractivity contribution is 6.08. The highest BCUT2D eigenvalue weighted by atomic mass is 16.6. The average molecular weight is 466 g/mol. The average Bonchev–Trinajstić information content (AvgIpc) is 3.06. The van der Waals surface area contributed by atoms with Crippen LogP contribution in [0, 0.1) is 38.0 Å². The van der Waals surface area contributed by atoms with Crippen LogP contribution in [0.25, 0.3) is 0 Å². The lowest BCUT2D eigenvalue weighted by Gasteiger charge is -2.30. The van der Waals surface area contributed by atoms with Gasteiger partial charge < -0.3 is 0 Å². The van der Waals surface area contributed by atoms with E-state index in [0.717, 1.165) is 22.5 Å². The summed E-state index contributed by atoms with van der Waals surface area (Å²) in [4.78, 5) is 62.0. The van der Waals surface area contributed by atoms with E-state index in [1.165, 1.54) is 42.5 Å².